The lowest BCUT2D eigenvalue weighted by Crippen LogP contribution is -2.24. The summed E-state index contributed by atoms with van der Waals surface area (Å²) in [6.45, 7) is 2.38. The number of amides is 1. The van der Waals surface area contributed by atoms with E-state index in [1.807, 2.05) is 0 Å². The van der Waals surface area contributed by atoms with Crippen LogP contribution in [0.4, 0.5) is 0 Å². The van der Waals surface area contributed by atoms with Crippen molar-refractivity contribution in [1.29, 1.82) is 0 Å². The van der Waals surface area contributed by atoms with E-state index in [1.54, 1.807) is 24.3 Å². The third-order valence-electron chi connectivity index (χ3n) is 2.47. The molecular weight excluding hydrogens is 278 g/mol. The Morgan fingerprint density at radius 2 is 1.90 bits per heavy atom. The zero-order valence-corrected chi connectivity index (χ0v) is 12.1. The van der Waals surface area contributed by atoms with Crippen LogP contribution in [0.3, 0.4) is 0 Å². The Kier molecular flexibility index (Phi) is 6.37. The van der Waals surface area contributed by atoms with Gasteiger partial charge in [-0.05, 0) is 17.7 Å². The minimum atomic E-state index is -3.52. The topological polar surface area (TPSA) is 101 Å². The van der Waals surface area contributed by atoms with Gasteiger partial charge in [-0.25, -0.2) is 13.1 Å². The highest BCUT2D eigenvalue weighted by Gasteiger charge is 2.12. The molecule has 110 valence electrons. The number of rotatable bonds is 7. The summed E-state index contributed by atoms with van der Waals surface area (Å²) in [6, 6.07) is 6.35. The summed E-state index contributed by atoms with van der Waals surface area (Å²) in [5, 5.41) is 2.64. The van der Waals surface area contributed by atoms with Crippen molar-refractivity contribution >= 4 is 15.9 Å². The summed E-state index contributed by atoms with van der Waals surface area (Å²) >= 11 is 0. The smallest absolute Gasteiger partial charge is 0.240 e. The van der Waals surface area contributed by atoms with Crippen molar-refractivity contribution < 1.29 is 13.2 Å². The Labute approximate surface area is 119 Å². The minimum absolute atomic E-state index is 0.130. The maximum absolute atomic E-state index is 11.9. The van der Waals surface area contributed by atoms with Gasteiger partial charge in [-0.3, -0.25) is 4.79 Å². The van der Waals surface area contributed by atoms with Gasteiger partial charge in [0.1, 0.15) is 0 Å². The quantitative estimate of drug-likeness (QED) is 0.622. The van der Waals surface area contributed by atoms with Gasteiger partial charge in [0.25, 0.3) is 0 Å². The van der Waals surface area contributed by atoms with Crippen LogP contribution in [0, 0.1) is 0 Å². The van der Waals surface area contributed by atoms with Gasteiger partial charge in [0.2, 0.25) is 15.9 Å². The fourth-order valence-corrected chi connectivity index (χ4v) is 2.41. The molecule has 0 bridgehead atoms. The first-order chi connectivity index (χ1) is 9.45. The summed E-state index contributed by atoms with van der Waals surface area (Å²) in [5.74, 6) is -0.130. The van der Waals surface area contributed by atoms with E-state index in [0.717, 1.165) is 5.56 Å². The molecule has 0 saturated carbocycles. The molecular formula is C13H19N3O3S. The van der Waals surface area contributed by atoms with Gasteiger partial charge >= 0.3 is 0 Å². The summed E-state index contributed by atoms with van der Waals surface area (Å²) in [4.78, 5) is 11.0. The number of hydrogen-bond acceptors (Lipinski definition) is 4. The average molecular weight is 297 g/mol. The average Bonchev–Trinajstić information content (AvgIpc) is 2.42. The number of carbonyl (C=O) groups is 1. The number of benzene rings is 1. The van der Waals surface area contributed by atoms with Gasteiger partial charge < -0.3 is 11.1 Å². The number of carbonyl (C=O) groups excluding carboxylic acids is 1. The van der Waals surface area contributed by atoms with Crippen LogP contribution in [0.25, 0.3) is 0 Å². The van der Waals surface area contributed by atoms with Crippen molar-refractivity contribution in [2.75, 3.05) is 13.1 Å². The molecule has 0 spiro atoms. The van der Waals surface area contributed by atoms with Gasteiger partial charge in [0.05, 0.1) is 4.90 Å². The van der Waals surface area contributed by atoms with E-state index in [0.29, 0.717) is 13.1 Å². The van der Waals surface area contributed by atoms with E-state index >= 15 is 0 Å². The second kappa shape index (κ2) is 7.78. The molecule has 1 rings (SSSR count). The van der Waals surface area contributed by atoms with E-state index in [2.05, 4.69) is 10.0 Å². The normalized spacial score (nSPS) is 11.7. The Balaban J connectivity index is 2.66. The van der Waals surface area contributed by atoms with Crippen LogP contribution in [0.5, 0.6) is 0 Å². The highest BCUT2D eigenvalue weighted by Crippen LogP contribution is 2.10. The van der Waals surface area contributed by atoms with Crippen LogP contribution in [-0.4, -0.2) is 27.4 Å². The fourth-order valence-electron chi connectivity index (χ4n) is 1.43. The monoisotopic (exact) mass is 297 g/mol. The third kappa shape index (κ3) is 5.52. The van der Waals surface area contributed by atoms with Crippen molar-refractivity contribution in [2.45, 2.75) is 18.4 Å². The van der Waals surface area contributed by atoms with Crippen LogP contribution < -0.4 is 15.8 Å². The predicted octanol–water partition coefficient (Wildman–Crippen LogP) is 0.116. The largest absolute Gasteiger partial charge is 0.352 e. The van der Waals surface area contributed by atoms with Crippen molar-refractivity contribution in [3.05, 3.63) is 42.0 Å². The maximum Gasteiger partial charge on any atom is 0.240 e. The second-order valence-electron chi connectivity index (χ2n) is 4.11. The molecule has 0 heterocycles. The molecule has 0 fully saturated rings. The molecule has 7 heteroatoms. The highest BCUT2D eigenvalue weighted by atomic mass is 32.2. The molecule has 0 aliphatic rings. The first-order valence-electron chi connectivity index (χ1n) is 6.14. The number of nitrogens with one attached hydrogen (secondary N) is 2. The molecule has 0 radical (unpaired) electrons. The molecule has 1 amide bonds. The summed E-state index contributed by atoms with van der Waals surface area (Å²) in [6.07, 6.45) is 3.34. The minimum Gasteiger partial charge on any atom is -0.352 e. The Morgan fingerprint density at radius 1 is 1.25 bits per heavy atom. The molecule has 20 heavy (non-hydrogen) atoms. The van der Waals surface area contributed by atoms with Gasteiger partial charge in [-0.1, -0.05) is 24.3 Å². The predicted molar refractivity (Wildman–Crippen MR) is 77.3 cm³/mol. The maximum atomic E-state index is 11.9. The lowest BCUT2D eigenvalue weighted by atomic mass is 10.2. The van der Waals surface area contributed by atoms with Gasteiger partial charge in [0.15, 0.2) is 0 Å². The second-order valence-corrected chi connectivity index (χ2v) is 5.88. The standard InChI is InChI=1S/C13H19N3O3S/c1-11(17)15-10-12-4-6-13(7-5-12)20(18,19)16-9-3-2-8-14/h2-7,16H,8-10,14H2,1H3,(H,15,17)/b3-2+. The first-order valence-corrected chi connectivity index (χ1v) is 7.62. The van der Waals surface area contributed by atoms with E-state index in [9.17, 15) is 13.2 Å². The van der Waals surface area contributed by atoms with Crippen LogP contribution in [0.1, 0.15) is 12.5 Å². The molecule has 1 aromatic carbocycles. The first kappa shape index (κ1) is 16.4. The molecule has 0 unspecified atom stereocenters. The third-order valence-corrected chi connectivity index (χ3v) is 3.91. The Bertz CT molecular complexity index is 565. The van der Waals surface area contributed by atoms with E-state index in [4.69, 9.17) is 5.73 Å². The summed E-state index contributed by atoms with van der Waals surface area (Å²) in [7, 11) is -3.52. The molecule has 0 saturated heterocycles. The fraction of sp³-hybridized carbons (Fsp3) is 0.308. The van der Waals surface area contributed by atoms with Gasteiger partial charge in [-0.2, -0.15) is 0 Å². The van der Waals surface area contributed by atoms with Gasteiger partial charge in [0, 0.05) is 26.6 Å². The van der Waals surface area contributed by atoms with Crippen LogP contribution >= 0.6 is 0 Å². The highest BCUT2D eigenvalue weighted by molar-refractivity contribution is 7.89. The van der Waals surface area contributed by atoms with E-state index < -0.39 is 10.0 Å². The van der Waals surface area contributed by atoms with Crippen molar-refractivity contribution in [3.63, 3.8) is 0 Å². The van der Waals surface area contributed by atoms with E-state index in [1.165, 1.54) is 19.1 Å². The van der Waals surface area contributed by atoms with Crippen LogP contribution in [0.2, 0.25) is 0 Å². The molecule has 4 N–H and O–H groups in total. The van der Waals surface area contributed by atoms with Gasteiger partial charge in [-0.15, -0.1) is 0 Å². The molecule has 0 aromatic heterocycles. The number of nitrogens with two attached hydrogens (primary N) is 1. The number of sulfonamides is 1. The Morgan fingerprint density at radius 3 is 2.45 bits per heavy atom. The van der Waals surface area contributed by atoms with Crippen molar-refractivity contribution in [1.82, 2.24) is 10.0 Å². The summed E-state index contributed by atoms with van der Waals surface area (Å²) in [5.41, 5.74) is 6.10. The lowest BCUT2D eigenvalue weighted by Gasteiger charge is -2.06. The molecule has 1 aromatic rings. The molecule has 0 atom stereocenters. The molecule has 0 aliphatic carbocycles. The van der Waals surface area contributed by atoms with Crippen LogP contribution in [0.15, 0.2) is 41.3 Å². The SMILES string of the molecule is CC(=O)NCc1ccc(S(=O)(=O)NC/C=C/CN)cc1. The zero-order chi connectivity index (χ0) is 15.0. The molecule has 6 nitrogen and oxygen atoms in total. The van der Waals surface area contributed by atoms with Crippen molar-refractivity contribution in [3.8, 4) is 0 Å². The Hall–Kier alpha value is -1.70. The number of hydrogen-bond donors (Lipinski definition) is 3. The zero-order valence-electron chi connectivity index (χ0n) is 11.3. The summed E-state index contributed by atoms with van der Waals surface area (Å²) < 4.78 is 26.3. The van der Waals surface area contributed by atoms with Crippen LogP contribution in [-0.2, 0) is 21.4 Å². The van der Waals surface area contributed by atoms with E-state index in [-0.39, 0.29) is 17.3 Å². The molecule has 0 aliphatic heterocycles. The van der Waals surface area contributed by atoms with Crippen molar-refractivity contribution in [2.24, 2.45) is 5.73 Å². The lowest BCUT2D eigenvalue weighted by molar-refractivity contribution is -0.119.